The molecular weight excluding hydrogens is 279 g/mol. The Balaban J connectivity index is 3.42. The molecule has 7 heteroatoms. The molecule has 0 saturated carbocycles. The van der Waals surface area contributed by atoms with Gasteiger partial charge in [-0.15, -0.1) is 0 Å². The second-order valence-corrected chi connectivity index (χ2v) is 6.43. The summed E-state index contributed by atoms with van der Waals surface area (Å²) in [5.41, 5.74) is -5.20. The van der Waals surface area contributed by atoms with Crippen LogP contribution < -0.4 is 4.72 Å². The zero-order valence-electron chi connectivity index (χ0n) is 11.4. The predicted octanol–water partition coefficient (Wildman–Crippen LogP) is 3.96. The van der Waals surface area contributed by atoms with Gasteiger partial charge in [-0.2, -0.15) is 13.2 Å². The third-order valence-corrected chi connectivity index (χ3v) is 4.07. The van der Waals surface area contributed by atoms with Gasteiger partial charge in [-0.1, -0.05) is 58.3 Å². The van der Waals surface area contributed by atoms with Crippen molar-refractivity contribution in [3.8, 4) is 0 Å². The van der Waals surface area contributed by atoms with Gasteiger partial charge in [-0.25, -0.2) is 13.1 Å². The minimum absolute atomic E-state index is 0.141. The number of hydrogen-bond donors (Lipinski definition) is 1. The lowest BCUT2D eigenvalue weighted by Gasteiger charge is -2.09. The molecule has 19 heavy (non-hydrogen) atoms. The van der Waals surface area contributed by atoms with Gasteiger partial charge in [0.2, 0.25) is 0 Å². The summed E-state index contributed by atoms with van der Waals surface area (Å²) in [5.74, 6) is 0. The number of nitrogens with one attached hydrogen (secondary N) is 1. The summed E-state index contributed by atoms with van der Waals surface area (Å²) in [7, 11) is -5.16. The molecule has 116 valence electrons. The Morgan fingerprint density at radius 3 is 1.68 bits per heavy atom. The lowest BCUT2D eigenvalue weighted by Crippen LogP contribution is -2.36. The first kappa shape index (κ1) is 18.7. The minimum Gasteiger partial charge on any atom is -0.207 e. The van der Waals surface area contributed by atoms with Crippen LogP contribution in [-0.2, 0) is 10.0 Å². The van der Waals surface area contributed by atoms with Crippen LogP contribution in [0.1, 0.15) is 64.7 Å². The summed E-state index contributed by atoms with van der Waals surface area (Å²) in [4.78, 5) is 0. The van der Waals surface area contributed by atoms with E-state index in [0.717, 1.165) is 25.7 Å². The van der Waals surface area contributed by atoms with Crippen LogP contribution in [0.15, 0.2) is 0 Å². The molecule has 0 heterocycles. The van der Waals surface area contributed by atoms with Crippen LogP contribution in [0.3, 0.4) is 0 Å². The molecule has 0 spiro atoms. The molecular formula is C12H24F3NO2S. The van der Waals surface area contributed by atoms with Gasteiger partial charge in [0.15, 0.2) is 0 Å². The molecule has 0 amide bonds. The number of hydrogen-bond acceptors (Lipinski definition) is 2. The van der Waals surface area contributed by atoms with Gasteiger partial charge in [0, 0.05) is 6.54 Å². The monoisotopic (exact) mass is 303 g/mol. The van der Waals surface area contributed by atoms with Crippen molar-refractivity contribution in [2.24, 2.45) is 0 Å². The number of rotatable bonds is 11. The maximum atomic E-state index is 12.0. The summed E-state index contributed by atoms with van der Waals surface area (Å²) < 4.78 is 58.7. The third-order valence-electron chi connectivity index (χ3n) is 2.88. The molecule has 0 atom stereocenters. The molecule has 0 aliphatic rings. The molecule has 0 bridgehead atoms. The van der Waals surface area contributed by atoms with Crippen LogP contribution >= 0.6 is 0 Å². The van der Waals surface area contributed by atoms with Crippen molar-refractivity contribution in [3.63, 3.8) is 0 Å². The van der Waals surface area contributed by atoms with E-state index in [4.69, 9.17) is 0 Å². The van der Waals surface area contributed by atoms with E-state index in [-0.39, 0.29) is 6.54 Å². The maximum Gasteiger partial charge on any atom is 0.511 e. The number of halogens is 3. The summed E-state index contributed by atoms with van der Waals surface area (Å²) in [6, 6.07) is 0. The molecule has 1 N–H and O–H groups in total. The Kier molecular flexibility index (Phi) is 9.43. The molecule has 0 radical (unpaired) electrons. The summed E-state index contributed by atoms with van der Waals surface area (Å²) in [6.45, 7) is 2.01. The normalized spacial score (nSPS) is 12.8. The van der Waals surface area contributed by atoms with E-state index in [2.05, 4.69) is 6.92 Å². The van der Waals surface area contributed by atoms with Crippen LogP contribution in [0.25, 0.3) is 0 Å². The number of unbranched alkanes of at least 4 members (excludes halogenated alkanes) is 8. The Bertz CT molecular complexity index is 315. The zero-order valence-corrected chi connectivity index (χ0v) is 12.2. The number of sulfonamides is 1. The first-order valence-corrected chi connectivity index (χ1v) is 8.35. The lowest BCUT2D eigenvalue weighted by atomic mass is 10.1. The van der Waals surface area contributed by atoms with Crippen molar-refractivity contribution >= 4 is 10.0 Å². The van der Waals surface area contributed by atoms with Gasteiger partial charge in [-0.3, -0.25) is 0 Å². The highest BCUT2D eigenvalue weighted by molar-refractivity contribution is 7.90. The van der Waals surface area contributed by atoms with Crippen LogP contribution in [-0.4, -0.2) is 20.5 Å². The molecule has 0 unspecified atom stereocenters. The first-order chi connectivity index (χ1) is 8.81. The molecule has 0 saturated heterocycles. The zero-order chi connectivity index (χ0) is 14.8. The Morgan fingerprint density at radius 1 is 0.842 bits per heavy atom. The van der Waals surface area contributed by atoms with Crippen LogP contribution in [0.2, 0.25) is 0 Å². The van der Waals surface area contributed by atoms with E-state index < -0.39 is 15.5 Å². The largest absolute Gasteiger partial charge is 0.511 e. The Hall–Kier alpha value is -0.300. The molecule has 0 aromatic carbocycles. The number of alkyl halides is 3. The average molecular weight is 303 g/mol. The fourth-order valence-corrected chi connectivity index (χ4v) is 2.30. The highest BCUT2D eigenvalue weighted by Crippen LogP contribution is 2.21. The fourth-order valence-electron chi connectivity index (χ4n) is 1.72. The second-order valence-electron chi connectivity index (χ2n) is 4.67. The topological polar surface area (TPSA) is 46.2 Å². The summed E-state index contributed by atoms with van der Waals surface area (Å²) in [6.07, 6.45) is 9.26. The molecule has 0 aliphatic carbocycles. The molecule has 0 aromatic rings. The Labute approximate surface area is 114 Å². The Morgan fingerprint density at radius 2 is 1.26 bits per heavy atom. The molecule has 0 rings (SSSR count). The van der Waals surface area contributed by atoms with Crippen LogP contribution in [0, 0.1) is 0 Å². The van der Waals surface area contributed by atoms with E-state index in [9.17, 15) is 21.6 Å². The van der Waals surface area contributed by atoms with Crippen molar-refractivity contribution in [2.75, 3.05) is 6.54 Å². The minimum atomic E-state index is -5.20. The first-order valence-electron chi connectivity index (χ1n) is 6.87. The second kappa shape index (κ2) is 9.58. The van der Waals surface area contributed by atoms with Gasteiger partial charge in [0.1, 0.15) is 0 Å². The van der Waals surface area contributed by atoms with Crippen LogP contribution in [0.4, 0.5) is 13.2 Å². The van der Waals surface area contributed by atoms with E-state index in [1.54, 1.807) is 4.72 Å². The van der Waals surface area contributed by atoms with Crippen molar-refractivity contribution in [2.45, 2.75) is 70.2 Å². The quantitative estimate of drug-likeness (QED) is 0.587. The van der Waals surface area contributed by atoms with Crippen molar-refractivity contribution < 1.29 is 21.6 Å². The van der Waals surface area contributed by atoms with Crippen molar-refractivity contribution in [3.05, 3.63) is 0 Å². The molecule has 0 fully saturated rings. The van der Waals surface area contributed by atoms with Crippen LogP contribution in [0.5, 0.6) is 0 Å². The van der Waals surface area contributed by atoms with Gasteiger partial charge in [-0.05, 0) is 6.42 Å². The maximum absolute atomic E-state index is 12.0. The fraction of sp³-hybridized carbons (Fsp3) is 1.00. The van der Waals surface area contributed by atoms with Crippen molar-refractivity contribution in [1.29, 1.82) is 0 Å². The summed E-state index contributed by atoms with van der Waals surface area (Å²) >= 11 is 0. The SMILES string of the molecule is CCCCCCCCCCCNS(=O)(=O)C(F)(F)F. The average Bonchev–Trinajstić information content (AvgIpc) is 2.30. The third kappa shape index (κ3) is 9.27. The predicted molar refractivity (Wildman–Crippen MR) is 70.2 cm³/mol. The van der Waals surface area contributed by atoms with Gasteiger partial charge >= 0.3 is 15.5 Å². The highest BCUT2D eigenvalue weighted by Gasteiger charge is 2.45. The van der Waals surface area contributed by atoms with E-state index in [1.807, 2.05) is 0 Å². The lowest BCUT2D eigenvalue weighted by molar-refractivity contribution is -0.0447. The van der Waals surface area contributed by atoms with Gasteiger partial charge in [0.25, 0.3) is 0 Å². The standard InChI is InChI=1S/C12H24F3NO2S/c1-2-3-4-5-6-7-8-9-10-11-16-19(17,18)12(13,14)15/h16H,2-11H2,1H3. The van der Waals surface area contributed by atoms with E-state index >= 15 is 0 Å². The smallest absolute Gasteiger partial charge is 0.207 e. The molecule has 0 aromatic heterocycles. The molecule has 3 nitrogen and oxygen atoms in total. The molecule has 0 aliphatic heterocycles. The van der Waals surface area contributed by atoms with Crippen molar-refractivity contribution in [1.82, 2.24) is 4.72 Å². The van der Waals surface area contributed by atoms with E-state index in [0.29, 0.717) is 6.42 Å². The summed E-state index contributed by atoms with van der Waals surface area (Å²) in [5, 5.41) is 0. The van der Waals surface area contributed by atoms with Gasteiger partial charge < -0.3 is 0 Å². The van der Waals surface area contributed by atoms with Gasteiger partial charge in [0.05, 0.1) is 0 Å². The van der Waals surface area contributed by atoms with E-state index in [1.165, 1.54) is 25.7 Å². The highest BCUT2D eigenvalue weighted by atomic mass is 32.2.